The SMILES string of the molecule is COc1cc2[nH]nc(-c3cnc(N4CC(N)(Cc5ccccn5)C4)c(C#N)c3)c2cc1O[C@H](C)c1c(Cl)cncc1Cl. The van der Waals surface area contributed by atoms with E-state index in [0.29, 0.717) is 69.3 Å². The number of pyridine rings is 3. The van der Waals surface area contributed by atoms with Crippen molar-refractivity contribution in [1.82, 2.24) is 25.1 Å². The smallest absolute Gasteiger partial charge is 0.162 e. The average Bonchev–Trinajstić information content (AvgIpc) is 3.38. The van der Waals surface area contributed by atoms with E-state index in [0.717, 1.165) is 16.6 Å². The van der Waals surface area contributed by atoms with E-state index in [1.165, 1.54) is 12.4 Å². The van der Waals surface area contributed by atoms with Gasteiger partial charge in [0.25, 0.3) is 0 Å². The highest BCUT2D eigenvalue weighted by atomic mass is 35.5. The molecule has 0 bridgehead atoms. The molecule has 1 aromatic carbocycles. The molecule has 42 heavy (non-hydrogen) atoms. The molecule has 1 aliphatic rings. The first kappa shape index (κ1) is 27.7. The maximum absolute atomic E-state index is 10.0. The third-order valence-electron chi connectivity index (χ3n) is 7.28. The highest BCUT2D eigenvalue weighted by Gasteiger charge is 2.41. The summed E-state index contributed by atoms with van der Waals surface area (Å²) in [6.45, 7) is 2.98. The van der Waals surface area contributed by atoms with Crippen molar-refractivity contribution in [1.29, 1.82) is 5.26 Å². The van der Waals surface area contributed by atoms with Crippen molar-refractivity contribution in [3.8, 4) is 28.8 Å². The van der Waals surface area contributed by atoms with E-state index in [4.69, 9.17) is 38.4 Å². The monoisotopic (exact) mass is 600 g/mol. The first-order valence-electron chi connectivity index (χ1n) is 13.1. The summed E-state index contributed by atoms with van der Waals surface area (Å²) in [5.41, 5.74) is 10.2. The van der Waals surface area contributed by atoms with Gasteiger partial charge < -0.3 is 20.1 Å². The van der Waals surface area contributed by atoms with E-state index < -0.39 is 11.6 Å². The third kappa shape index (κ3) is 5.18. The van der Waals surface area contributed by atoms with Crippen LogP contribution in [-0.2, 0) is 6.42 Å². The number of anilines is 1. The number of aromatic amines is 1. The summed E-state index contributed by atoms with van der Waals surface area (Å²) < 4.78 is 11.9. The van der Waals surface area contributed by atoms with Gasteiger partial charge in [0.1, 0.15) is 23.7 Å². The lowest BCUT2D eigenvalue weighted by molar-refractivity contribution is 0.216. The molecular formula is C30H26Cl2N8O2. The molecule has 1 atom stereocenters. The summed E-state index contributed by atoms with van der Waals surface area (Å²) in [4.78, 5) is 15.1. The molecule has 5 aromatic rings. The largest absolute Gasteiger partial charge is 0.493 e. The van der Waals surface area contributed by atoms with Crippen molar-refractivity contribution >= 4 is 39.9 Å². The molecular weight excluding hydrogens is 575 g/mol. The van der Waals surface area contributed by atoms with E-state index in [2.05, 4.69) is 31.2 Å². The van der Waals surface area contributed by atoms with Gasteiger partial charge in [-0.3, -0.25) is 15.1 Å². The number of hydrogen-bond donors (Lipinski definition) is 2. The van der Waals surface area contributed by atoms with Crippen molar-refractivity contribution in [2.24, 2.45) is 5.73 Å². The van der Waals surface area contributed by atoms with Crippen molar-refractivity contribution in [3.63, 3.8) is 0 Å². The average molecular weight is 601 g/mol. The highest BCUT2D eigenvalue weighted by molar-refractivity contribution is 6.35. The Morgan fingerprint density at radius 3 is 2.60 bits per heavy atom. The Balaban J connectivity index is 1.28. The number of ether oxygens (including phenoxy) is 2. The summed E-state index contributed by atoms with van der Waals surface area (Å²) in [5.74, 6) is 1.57. The first-order chi connectivity index (χ1) is 20.3. The number of rotatable bonds is 8. The maximum Gasteiger partial charge on any atom is 0.162 e. The Hall–Kier alpha value is -4.43. The van der Waals surface area contributed by atoms with Gasteiger partial charge >= 0.3 is 0 Å². The van der Waals surface area contributed by atoms with Gasteiger partial charge in [-0.15, -0.1) is 0 Å². The van der Waals surface area contributed by atoms with Gasteiger partial charge in [-0.05, 0) is 31.2 Å². The van der Waals surface area contributed by atoms with Crippen molar-refractivity contribution in [2.45, 2.75) is 25.0 Å². The first-order valence-corrected chi connectivity index (χ1v) is 13.9. The number of nitriles is 1. The van der Waals surface area contributed by atoms with Crippen LogP contribution in [0.3, 0.4) is 0 Å². The molecule has 0 saturated carbocycles. The zero-order valence-corrected chi connectivity index (χ0v) is 24.3. The number of methoxy groups -OCH3 is 1. The Bertz CT molecular complexity index is 1800. The summed E-state index contributed by atoms with van der Waals surface area (Å²) in [6, 6.07) is 13.5. The van der Waals surface area contributed by atoms with Crippen LogP contribution in [0.4, 0.5) is 5.82 Å². The number of H-pyrrole nitrogens is 1. The number of benzene rings is 1. The van der Waals surface area contributed by atoms with Crippen LogP contribution in [0.2, 0.25) is 10.0 Å². The number of halogens is 2. The molecule has 0 aliphatic carbocycles. The molecule has 5 heterocycles. The second-order valence-corrected chi connectivity index (χ2v) is 11.1. The van der Waals surface area contributed by atoms with Gasteiger partial charge in [-0.2, -0.15) is 10.4 Å². The lowest BCUT2D eigenvalue weighted by Crippen LogP contribution is -2.69. The maximum atomic E-state index is 10.0. The molecule has 12 heteroatoms. The highest BCUT2D eigenvalue weighted by Crippen LogP contribution is 2.40. The molecule has 3 N–H and O–H groups in total. The minimum atomic E-state index is -0.496. The lowest BCUT2D eigenvalue weighted by Gasteiger charge is -2.48. The van der Waals surface area contributed by atoms with Crippen molar-refractivity contribution in [3.05, 3.63) is 88.1 Å². The van der Waals surface area contributed by atoms with E-state index in [9.17, 15) is 5.26 Å². The Kier molecular flexibility index (Phi) is 7.33. The summed E-state index contributed by atoms with van der Waals surface area (Å²) in [5, 5.41) is 19.1. The van der Waals surface area contributed by atoms with Gasteiger partial charge in [0.05, 0.1) is 33.8 Å². The number of aromatic nitrogens is 5. The molecule has 6 rings (SSSR count). The molecule has 10 nitrogen and oxygen atoms in total. The summed E-state index contributed by atoms with van der Waals surface area (Å²) in [7, 11) is 1.56. The van der Waals surface area contributed by atoms with Crippen LogP contribution < -0.4 is 20.1 Å². The Labute approximate surface area is 252 Å². The van der Waals surface area contributed by atoms with Crippen molar-refractivity contribution < 1.29 is 9.47 Å². The summed E-state index contributed by atoms with van der Waals surface area (Å²) >= 11 is 12.7. The summed E-state index contributed by atoms with van der Waals surface area (Å²) in [6.07, 6.45) is 6.68. The minimum Gasteiger partial charge on any atom is -0.493 e. The van der Waals surface area contributed by atoms with Crippen LogP contribution in [0.15, 0.2) is 61.2 Å². The molecule has 0 amide bonds. The van der Waals surface area contributed by atoms with E-state index in [-0.39, 0.29) is 0 Å². The molecule has 1 aliphatic heterocycles. The fourth-order valence-corrected chi connectivity index (χ4v) is 5.99. The van der Waals surface area contributed by atoms with Crippen LogP contribution >= 0.6 is 23.2 Å². The van der Waals surface area contributed by atoms with Crippen LogP contribution in [-0.4, -0.2) is 50.9 Å². The molecule has 0 radical (unpaired) electrons. The molecule has 4 aromatic heterocycles. The number of nitrogens with zero attached hydrogens (tertiary/aromatic N) is 6. The van der Waals surface area contributed by atoms with Crippen LogP contribution in [0.5, 0.6) is 11.5 Å². The van der Waals surface area contributed by atoms with Gasteiger partial charge in [0, 0.05) is 72.6 Å². The fourth-order valence-electron chi connectivity index (χ4n) is 5.32. The predicted octanol–water partition coefficient (Wildman–Crippen LogP) is 5.50. The van der Waals surface area contributed by atoms with Crippen molar-refractivity contribution in [2.75, 3.05) is 25.1 Å². The van der Waals surface area contributed by atoms with Gasteiger partial charge in [-0.1, -0.05) is 29.3 Å². The number of nitrogens with one attached hydrogen (secondary N) is 1. The van der Waals surface area contributed by atoms with Gasteiger partial charge in [0.2, 0.25) is 0 Å². The number of hydrogen-bond acceptors (Lipinski definition) is 9. The molecule has 1 fully saturated rings. The molecule has 212 valence electrons. The quantitative estimate of drug-likeness (QED) is 0.236. The van der Waals surface area contributed by atoms with Gasteiger partial charge in [-0.25, -0.2) is 4.98 Å². The second-order valence-electron chi connectivity index (χ2n) is 10.3. The Morgan fingerprint density at radius 1 is 1.12 bits per heavy atom. The second kappa shape index (κ2) is 11.1. The molecule has 0 spiro atoms. The Morgan fingerprint density at radius 2 is 1.90 bits per heavy atom. The van der Waals surface area contributed by atoms with Crippen LogP contribution in [0.1, 0.15) is 29.8 Å². The molecule has 1 saturated heterocycles. The van der Waals surface area contributed by atoms with Gasteiger partial charge in [0.15, 0.2) is 11.5 Å². The normalized spacial score (nSPS) is 14.7. The minimum absolute atomic E-state index is 0.403. The predicted molar refractivity (Wildman–Crippen MR) is 161 cm³/mol. The topological polar surface area (TPSA) is 139 Å². The third-order valence-corrected chi connectivity index (χ3v) is 7.88. The van der Waals surface area contributed by atoms with E-state index in [1.807, 2.05) is 36.1 Å². The standard InChI is InChI=1S/C30H26Cl2N8O2/c1-17(27-22(31)13-35-14-23(27)32)42-26-8-21-24(9-25(26)41-2)38-39-28(21)19-7-18(11-33)29(37-12-19)40-15-30(34,16-40)10-20-5-3-4-6-36-20/h3-9,12-14,17H,10,15-16,34H2,1-2H3,(H,38,39)/t17-/m1/s1. The fraction of sp³-hybridized carbons (Fsp3) is 0.233. The zero-order chi connectivity index (χ0) is 29.4. The lowest BCUT2D eigenvalue weighted by atomic mass is 9.85. The number of fused-ring (bicyclic) bond motifs is 1. The van der Waals surface area contributed by atoms with Crippen LogP contribution in [0.25, 0.3) is 22.2 Å². The molecule has 0 unspecified atom stereocenters. The number of nitrogens with two attached hydrogens (primary N) is 1. The zero-order valence-electron chi connectivity index (χ0n) is 22.8. The van der Waals surface area contributed by atoms with E-state index >= 15 is 0 Å². The van der Waals surface area contributed by atoms with Crippen LogP contribution in [0, 0.1) is 11.3 Å². The van der Waals surface area contributed by atoms with E-state index in [1.54, 1.807) is 31.6 Å².